The summed E-state index contributed by atoms with van der Waals surface area (Å²) < 4.78 is 4.39. The van der Waals surface area contributed by atoms with Gasteiger partial charge in [-0.05, 0) is 204 Å². The molecule has 0 unspecified atom stereocenters. The van der Waals surface area contributed by atoms with E-state index in [9.17, 15) is 30.6 Å². The second kappa shape index (κ2) is 24.2. The van der Waals surface area contributed by atoms with Gasteiger partial charge in [-0.15, -0.1) is 35.2 Å². The van der Waals surface area contributed by atoms with Gasteiger partial charge in [0.1, 0.15) is 0 Å². The van der Waals surface area contributed by atoms with E-state index in [2.05, 4.69) is 90.4 Å². The standard InChI is InChI=1S/2C20H12I2O2.2C3H7O.H2O.2Ti/c2*21-13-3-5-15-11(9-13)1-7-17(23)19(15)20-16-6-4-14(22)10-12(16)2-8-18(20)24;2*1-3(2)4;;;/h2*1-10,23-24H;2*3H,1-2H3;1H2;;/q;;2*-1;;2*+3/p-4. The van der Waals surface area contributed by atoms with Crippen molar-refractivity contribution in [2.75, 3.05) is 0 Å². The molecule has 0 spiro atoms. The summed E-state index contributed by atoms with van der Waals surface area (Å²) in [7, 11) is 0. The number of rotatable bonds is 2. The van der Waals surface area contributed by atoms with E-state index in [0.717, 1.165) is 57.4 Å². The third kappa shape index (κ3) is 13.6. The summed E-state index contributed by atoms with van der Waals surface area (Å²) in [6.45, 7) is 6.44. The van der Waals surface area contributed by atoms with Crippen LogP contribution in [0.2, 0.25) is 0 Å². The van der Waals surface area contributed by atoms with Crippen LogP contribution in [0.1, 0.15) is 27.7 Å². The Balaban J connectivity index is 0.000000330. The Hall–Kier alpha value is -1.77. The molecule has 8 rings (SSSR count). The van der Waals surface area contributed by atoms with E-state index in [1.807, 2.05) is 97.1 Å². The zero-order chi connectivity index (χ0) is 40.8. The first kappa shape index (κ1) is 53.4. The van der Waals surface area contributed by atoms with Crippen molar-refractivity contribution in [3.05, 3.63) is 136 Å². The Morgan fingerprint density at radius 2 is 0.508 bits per heavy atom. The molecule has 0 atom stereocenters. The largest absolute Gasteiger partial charge is 3.00 e. The Bertz CT molecular complexity index is 2320. The van der Waals surface area contributed by atoms with Crippen molar-refractivity contribution in [1.29, 1.82) is 0 Å². The smallest absolute Gasteiger partial charge is 0.872 e. The minimum absolute atomic E-state index is 0. The molecule has 59 heavy (non-hydrogen) atoms. The summed E-state index contributed by atoms with van der Waals surface area (Å²) in [5.41, 5.74) is 2.00. The Kier molecular flexibility index (Phi) is 21.9. The van der Waals surface area contributed by atoms with E-state index < -0.39 is 12.2 Å². The summed E-state index contributed by atoms with van der Waals surface area (Å²) in [6, 6.07) is 37.2. The van der Waals surface area contributed by atoms with Crippen LogP contribution in [0.15, 0.2) is 121 Å². The Labute approximate surface area is 428 Å². The predicted molar refractivity (Wildman–Crippen MR) is 256 cm³/mol. The van der Waals surface area contributed by atoms with Crippen molar-refractivity contribution < 1.29 is 79.6 Å². The number of hydrogen-bond acceptors (Lipinski definition) is 6. The van der Waals surface area contributed by atoms with Crippen LogP contribution in [0.3, 0.4) is 0 Å². The molecule has 8 aromatic rings. The third-order valence-electron chi connectivity index (χ3n) is 8.27. The minimum atomic E-state index is -0.417. The third-order valence-corrected chi connectivity index (χ3v) is 11.0. The van der Waals surface area contributed by atoms with Gasteiger partial charge in [0.05, 0.1) is 0 Å². The van der Waals surface area contributed by atoms with Gasteiger partial charge >= 0.3 is 43.4 Å². The summed E-state index contributed by atoms with van der Waals surface area (Å²) >= 11 is 8.99. The van der Waals surface area contributed by atoms with Crippen LogP contribution in [0.5, 0.6) is 23.0 Å². The molecule has 0 saturated carbocycles. The van der Waals surface area contributed by atoms with Crippen LogP contribution >= 0.6 is 90.4 Å². The molecule has 7 nitrogen and oxygen atoms in total. The SMILES string of the molecule is CC(C)[O-].CC(C)[O-].O.[O-]c1ccc2cc(I)ccc2c1-c1c([O-])ccc2cc(I)ccc12.[O-]c1ccc2cc(I)ccc2c1-c1c([O-])ccc2cc(I)ccc12.[Ti+3].[Ti+3]. The first-order valence-corrected chi connectivity index (χ1v) is 21.8. The molecule has 0 aromatic heterocycles. The Morgan fingerprint density at radius 3 is 0.678 bits per heavy atom. The summed E-state index contributed by atoms with van der Waals surface area (Å²) in [4.78, 5) is 0. The zero-order valence-corrected chi connectivity index (χ0v) is 43.9. The van der Waals surface area contributed by atoms with Crippen LogP contribution in [0, 0.1) is 14.3 Å². The number of hydrogen-bond donors (Lipinski definition) is 0. The van der Waals surface area contributed by atoms with Gasteiger partial charge in [-0.2, -0.15) is 0 Å². The second-order valence-corrected chi connectivity index (χ2v) is 18.3. The molecule has 13 heteroatoms. The van der Waals surface area contributed by atoms with Gasteiger partial charge in [0.25, 0.3) is 0 Å². The van der Waals surface area contributed by atoms with Crippen LogP contribution < -0.4 is 30.6 Å². The molecular formula is C46H36I4O7Ti2. The monoisotopic (exact) mass is 1300 g/mol. The van der Waals surface area contributed by atoms with Crippen molar-refractivity contribution in [2.45, 2.75) is 39.9 Å². The van der Waals surface area contributed by atoms with Crippen LogP contribution in [-0.4, -0.2) is 17.7 Å². The maximum Gasteiger partial charge on any atom is 3.00 e. The van der Waals surface area contributed by atoms with Crippen molar-refractivity contribution in [3.63, 3.8) is 0 Å². The van der Waals surface area contributed by atoms with Gasteiger partial charge < -0.3 is 36.1 Å². The fraction of sp³-hybridized carbons (Fsp3) is 0.130. The van der Waals surface area contributed by atoms with E-state index >= 15 is 0 Å². The van der Waals surface area contributed by atoms with Crippen molar-refractivity contribution >= 4 is 133 Å². The van der Waals surface area contributed by atoms with Gasteiger partial charge in [-0.25, -0.2) is 0 Å². The number of halogens is 4. The molecule has 0 saturated heterocycles. The molecule has 0 aliphatic carbocycles. The zero-order valence-electron chi connectivity index (χ0n) is 32.2. The van der Waals surface area contributed by atoms with Crippen molar-refractivity contribution in [1.82, 2.24) is 0 Å². The van der Waals surface area contributed by atoms with E-state index in [-0.39, 0.29) is 71.9 Å². The molecule has 0 aliphatic rings. The number of benzene rings is 8. The predicted octanol–water partition coefficient (Wildman–Crippen LogP) is 8.71. The fourth-order valence-corrected chi connectivity index (χ4v) is 8.22. The molecule has 0 aliphatic heterocycles. The van der Waals surface area contributed by atoms with E-state index in [1.165, 1.54) is 0 Å². The molecule has 0 heterocycles. The van der Waals surface area contributed by atoms with Gasteiger partial charge in [0, 0.05) is 14.3 Å². The molecule has 0 fully saturated rings. The normalized spacial score (nSPS) is 10.4. The molecule has 0 amide bonds. The van der Waals surface area contributed by atoms with Crippen LogP contribution in [-0.2, 0) is 43.4 Å². The minimum Gasteiger partial charge on any atom is -0.872 e. The second-order valence-electron chi connectivity index (χ2n) is 13.3. The maximum absolute atomic E-state index is 12.6. The number of fused-ring (bicyclic) bond motifs is 4. The average molecular weight is 1300 g/mol. The molecule has 298 valence electrons. The van der Waals surface area contributed by atoms with Gasteiger partial charge in [0.2, 0.25) is 0 Å². The molecule has 2 radical (unpaired) electrons. The van der Waals surface area contributed by atoms with E-state index in [0.29, 0.717) is 22.3 Å². The van der Waals surface area contributed by atoms with E-state index in [4.69, 9.17) is 0 Å². The first-order chi connectivity index (χ1) is 26.5. The van der Waals surface area contributed by atoms with Crippen molar-refractivity contribution in [3.8, 4) is 45.3 Å². The molecule has 8 aromatic carbocycles. The first-order valence-electron chi connectivity index (χ1n) is 17.4. The summed E-state index contributed by atoms with van der Waals surface area (Å²) in [6.07, 6.45) is -0.833. The average Bonchev–Trinajstić information content (AvgIpc) is 3.12. The topological polar surface area (TPSA) is 170 Å². The molecule has 0 bridgehead atoms. The summed E-state index contributed by atoms with van der Waals surface area (Å²) in [5, 5.41) is 76.8. The Morgan fingerprint density at radius 1 is 0.339 bits per heavy atom. The maximum atomic E-state index is 12.6. The van der Waals surface area contributed by atoms with Gasteiger partial charge in [-0.3, -0.25) is 0 Å². The fourth-order valence-electron chi connectivity index (χ4n) is 6.15. The van der Waals surface area contributed by atoms with Crippen LogP contribution in [0.25, 0.3) is 65.3 Å². The molecular weight excluding hydrogens is 1270 g/mol. The van der Waals surface area contributed by atoms with E-state index in [1.54, 1.807) is 52.0 Å². The molecule has 2 N–H and O–H groups in total. The van der Waals surface area contributed by atoms with Gasteiger partial charge in [0.15, 0.2) is 0 Å². The summed E-state index contributed by atoms with van der Waals surface area (Å²) in [5.74, 6) is -0.475. The van der Waals surface area contributed by atoms with Crippen molar-refractivity contribution in [2.24, 2.45) is 0 Å². The van der Waals surface area contributed by atoms with Crippen LogP contribution in [0.4, 0.5) is 0 Å². The quantitative estimate of drug-likeness (QED) is 0.124. The van der Waals surface area contributed by atoms with Gasteiger partial charge in [-0.1, -0.05) is 100 Å².